The first kappa shape index (κ1) is 5.98. The Morgan fingerprint density at radius 2 is 2.50 bits per heavy atom. The topological polar surface area (TPSA) is 29.5 Å². The fourth-order valence-corrected chi connectivity index (χ4v) is 0.731. The highest BCUT2D eigenvalue weighted by atomic mass is 32.1. The van der Waals surface area contributed by atoms with Gasteiger partial charge in [-0.05, 0) is 6.92 Å². The van der Waals surface area contributed by atoms with Crippen LogP contribution < -0.4 is 0 Å². The number of ether oxygens (including phenoxy) is 1. The standard InChI is InChI=1S/C5H8O2S/c1-3-5(8)4(6)2-7-3/h4,6,8H,2H2,1H3. The highest BCUT2D eigenvalue weighted by molar-refractivity contribution is 7.84. The van der Waals surface area contributed by atoms with E-state index < -0.39 is 6.10 Å². The molecule has 0 saturated carbocycles. The van der Waals surface area contributed by atoms with Gasteiger partial charge in [-0.15, -0.1) is 12.6 Å². The maximum atomic E-state index is 8.91. The molecule has 0 aromatic heterocycles. The van der Waals surface area contributed by atoms with Crippen molar-refractivity contribution in [1.29, 1.82) is 0 Å². The van der Waals surface area contributed by atoms with Crippen LogP contribution in [0.1, 0.15) is 6.92 Å². The predicted molar refractivity (Wildman–Crippen MR) is 33.6 cm³/mol. The van der Waals surface area contributed by atoms with Crippen molar-refractivity contribution < 1.29 is 9.84 Å². The van der Waals surface area contributed by atoms with E-state index in [-0.39, 0.29) is 0 Å². The molecule has 0 aromatic carbocycles. The second-order valence-corrected chi connectivity index (χ2v) is 2.25. The normalized spacial score (nSPS) is 28.6. The van der Waals surface area contributed by atoms with Crippen molar-refractivity contribution in [2.24, 2.45) is 0 Å². The molecule has 0 fully saturated rings. The van der Waals surface area contributed by atoms with Gasteiger partial charge >= 0.3 is 0 Å². The van der Waals surface area contributed by atoms with E-state index in [1.807, 2.05) is 0 Å². The van der Waals surface area contributed by atoms with Crippen molar-refractivity contribution in [3.8, 4) is 0 Å². The Bertz CT molecular complexity index is 130. The number of hydrogen-bond donors (Lipinski definition) is 2. The van der Waals surface area contributed by atoms with Gasteiger partial charge in [0.25, 0.3) is 0 Å². The van der Waals surface area contributed by atoms with Gasteiger partial charge in [-0.1, -0.05) is 0 Å². The summed E-state index contributed by atoms with van der Waals surface area (Å²) in [5.74, 6) is 0.737. The maximum Gasteiger partial charge on any atom is 0.122 e. The monoisotopic (exact) mass is 132 g/mol. The second-order valence-electron chi connectivity index (χ2n) is 1.77. The van der Waals surface area contributed by atoms with E-state index in [0.29, 0.717) is 11.5 Å². The predicted octanol–water partition coefficient (Wildman–Crippen LogP) is 0.539. The zero-order chi connectivity index (χ0) is 6.15. The average molecular weight is 132 g/mol. The number of hydrogen-bond acceptors (Lipinski definition) is 3. The minimum absolute atomic E-state index is 0.366. The first-order valence-corrected chi connectivity index (χ1v) is 2.87. The summed E-state index contributed by atoms with van der Waals surface area (Å²) < 4.78 is 4.93. The molecular formula is C5H8O2S. The van der Waals surface area contributed by atoms with E-state index in [9.17, 15) is 0 Å². The van der Waals surface area contributed by atoms with Crippen molar-refractivity contribution in [1.82, 2.24) is 0 Å². The van der Waals surface area contributed by atoms with Gasteiger partial charge < -0.3 is 9.84 Å². The molecule has 3 heteroatoms. The average Bonchev–Trinajstić information content (AvgIpc) is 1.98. The van der Waals surface area contributed by atoms with E-state index in [1.165, 1.54) is 0 Å². The number of aliphatic hydroxyl groups is 1. The fraction of sp³-hybridized carbons (Fsp3) is 0.600. The third kappa shape index (κ3) is 0.833. The SMILES string of the molecule is CC1=C(S)C(O)CO1. The molecule has 2 nitrogen and oxygen atoms in total. The summed E-state index contributed by atoms with van der Waals surface area (Å²) in [6, 6.07) is 0. The molecule has 0 radical (unpaired) electrons. The molecule has 0 bridgehead atoms. The van der Waals surface area contributed by atoms with Gasteiger partial charge in [0, 0.05) is 0 Å². The van der Waals surface area contributed by atoms with Crippen LogP contribution in [0, 0.1) is 0 Å². The molecule has 8 heavy (non-hydrogen) atoms. The van der Waals surface area contributed by atoms with Crippen LogP contribution in [0.5, 0.6) is 0 Å². The van der Waals surface area contributed by atoms with Gasteiger partial charge in [-0.2, -0.15) is 0 Å². The van der Waals surface area contributed by atoms with Gasteiger partial charge in [0.05, 0.1) is 4.91 Å². The van der Waals surface area contributed by atoms with Crippen molar-refractivity contribution >= 4 is 12.6 Å². The van der Waals surface area contributed by atoms with E-state index in [2.05, 4.69) is 12.6 Å². The lowest BCUT2D eigenvalue weighted by molar-refractivity contribution is 0.135. The lowest BCUT2D eigenvalue weighted by Gasteiger charge is -1.94. The van der Waals surface area contributed by atoms with Crippen molar-refractivity contribution in [3.05, 3.63) is 10.7 Å². The second kappa shape index (κ2) is 1.99. The van der Waals surface area contributed by atoms with Crippen LogP contribution in [0.3, 0.4) is 0 Å². The van der Waals surface area contributed by atoms with Crippen LogP contribution in [0.2, 0.25) is 0 Å². The summed E-state index contributed by atoms with van der Waals surface area (Å²) in [5, 5.41) is 8.91. The van der Waals surface area contributed by atoms with Gasteiger partial charge in [-0.3, -0.25) is 0 Å². The van der Waals surface area contributed by atoms with E-state index in [4.69, 9.17) is 9.84 Å². The molecule has 0 saturated heterocycles. The summed E-state index contributed by atoms with van der Waals surface area (Å²) in [5.41, 5.74) is 0. The summed E-state index contributed by atoms with van der Waals surface area (Å²) in [7, 11) is 0. The number of aliphatic hydroxyl groups excluding tert-OH is 1. The van der Waals surface area contributed by atoms with E-state index in [1.54, 1.807) is 6.92 Å². The lowest BCUT2D eigenvalue weighted by atomic mass is 10.4. The lowest BCUT2D eigenvalue weighted by Crippen LogP contribution is -2.05. The molecule has 1 aliphatic rings. The highest BCUT2D eigenvalue weighted by Gasteiger charge is 2.18. The smallest absolute Gasteiger partial charge is 0.122 e. The first-order chi connectivity index (χ1) is 3.72. The van der Waals surface area contributed by atoms with Crippen molar-refractivity contribution in [2.75, 3.05) is 6.61 Å². The number of allylic oxidation sites excluding steroid dienone is 1. The van der Waals surface area contributed by atoms with Crippen LogP contribution in [0.25, 0.3) is 0 Å². The first-order valence-electron chi connectivity index (χ1n) is 2.42. The molecule has 1 atom stereocenters. The molecule has 1 N–H and O–H groups in total. The minimum atomic E-state index is -0.488. The van der Waals surface area contributed by atoms with Gasteiger partial charge in [0.2, 0.25) is 0 Å². The Morgan fingerprint density at radius 1 is 1.88 bits per heavy atom. The van der Waals surface area contributed by atoms with Crippen LogP contribution in [0.15, 0.2) is 10.7 Å². The molecular weight excluding hydrogens is 124 g/mol. The Morgan fingerprint density at radius 3 is 2.62 bits per heavy atom. The molecule has 1 rings (SSSR count). The third-order valence-corrected chi connectivity index (χ3v) is 1.75. The Labute approximate surface area is 53.6 Å². The van der Waals surface area contributed by atoms with E-state index >= 15 is 0 Å². The van der Waals surface area contributed by atoms with Gasteiger partial charge in [-0.25, -0.2) is 0 Å². The van der Waals surface area contributed by atoms with Crippen LogP contribution in [0.4, 0.5) is 0 Å². The summed E-state index contributed by atoms with van der Waals surface area (Å²) in [6.45, 7) is 2.16. The zero-order valence-corrected chi connectivity index (χ0v) is 5.48. The fourth-order valence-electron chi connectivity index (χ4n) is 0.591. The molecule has 0 aromatic rings. The van der Waals surface area contributed by atoms with Gasteiger partial charge in [0.1, 0.15) is 18.5 Å². The van der Waals surface area contributed by atoms with Crippen molar-refractivity contribution in [2.45, 2.75) is 13.0 Å². The van der Waals surface area contributed by atoms with Crippen LogP contribution in [-0.4, -0.2) is 17.8 Å². The summed E-state index contributed by atoms with van der Waals surface area (Å²) in [4.78, 5) is 0.657. The number of rotatable bonds is 0. The molecule has 0 aliphatic carbocycles. The Kier molecular flexibility index (Phi) is 1.49. The van der Waals surface area contributed by atoms with E-state index in [0.717, 1.165) is 5.76 Å². The Hall–Kier alpha value is -0.150. The largest absolute Gasteiger partial charge is 0.494 e. The Balaban J connectivity index is 2.71. The van der Waals surface area contributed by atoms with Crippen molar-refractivity contribution in [3.63, 3.8) is 0 Å². The molecule has 1 heterocycles. The van der Waals surface area contributed by atoms with Crippen LogP contribution in [-0.2, 0) is 4.74 Å². The zero-order valence-electron chi connectivity index (χ0n) is 4.59. The maximum absolute atomic E-state index is 8.91. The quantitative estimate of drug-likeness (QED) is 0.471. The molecule has 0 spiro atoms. The minimum Gasteiger partial charge on any atom is -0.494 e. The molecule has 0 amide bonds. The number of thiol groups is 1. The molecule has 46 valence electrons. The molecule has 1 unspecified atom stereocenters. The molecule has 1 aliphatic heterocycles. The third-order valence-electron chi connectivity index (χ3n) is 1.13. The highest BCUT2D eigenvalue weighted by Crippen LogP contribution is 2.21. The van der Waals surface area contributed by atoms with Crippen LogP contribution >= 0.6 is 12.6 Å². The van der Waals surface area contributed by atoms with Gasteiger partial charge in [0.15, 0.2) is 0 Å². The summed E-state index contributed by atoms with van der Waals surface area (Å²) in [6.07, 6.45) is -0.488. The summed E-state index contributed by atoms with van der Waals surface area (Å²) >= 11 is 3.99.